The number of nitrogens with one attached hydrogen (secondary N) is 1. The number of aromatic nitrogens is 3. The zero-order valence-electron chi connectivity index (χ0n) is 17.7. The molecule has 2 aromatic carbocycles. The Hall–Kier alpha value is -3.37. The van der Waals surface area contributed by atoms with Crippen LogP contribution in [-0.2, 0) is 22.7 Å². The highest BCUT2D eigenvalue weighted by molar-refractivity contribution is 7.90. The number of sulfone groups is 1. The number of hydrogen-bond donors (Lipinski definition) is 1. The van der Waals surface area contributed by atoms with Gasteiger partial charge in [-0.3, -0.25) is 10.1 Å². The van der Waals surface area contributed by atoms with E-state index in [1.54, 1.807) is 18.2 Å². The largest absolute Gasteiger partial charge is 0.355 e. The Morgan fingerprint density at radius 2 is 1.73 bits per heavy atom. The van der Waals surface area contributed by atoms with E-state index in [9.17, 15) is 13.2 Å². The van der Waals surface area contributed by atoms with E-state index in [0.29, 0.717) is 22.3 Å². The monoisotopic (exact) mass is 480 g/mol. The van der Waals surface area contributed by atoms with Crippen molar-refractivity contribution in [2.45, 2.75) is 30.6 Å². The lowest BCUT2D eigenvalue weighted by Gasteiger charge is -2.15. The van der Waals surface area contributed by atoms with Gasteiger partial charge in [-0.25, -0.2) is 8.42 Å². The molecule has 168 valence electrons. The van der Waals surface area contributed by atoms with Crippen molar-refractivity contribution in [3.8, 4) is 22.7 Å². The number of nitrogens with zero attached hydrogens (tertiary/aromatic N) is 3. The molecule has 0 saturated carbocycles. The van der Waals surface area contributed by atoms with Crippen molar-refractivity contribution in [1.29, 1.82) is 0 Å². The molecule has 2 aromatic heterocycles. The second kappa shape index (κ2) is 8.53. The lowest BCUT2D eigenvalue weighted by Crippen LogP contribution is -2.11. The van der Waals surface area contributed by atoms with E-state index in [0.717, 1.165) is 36.2 Å². The van der Waals surface area contributed by atoms with Crippen LogP contribution < -0.4 is 5.32 Å². The summed E-state index contributed by atoms with van der Waals surface area (Å²) in [4.78, 5) is 17.2. The number of carbonyl (C=O) groups excluding carboxylic acids is 1. The maximum atomic E-state index is 12.6. The van der Waals surface area contributed by atoms with E-state index in [1.165, 1.54) is 36.1 Å². The molecular weight excluding hydrogens is 460 g/mol. The van der Waals surface area contributed by atoms with E-state index < -0.39 is 15.7 Å². The second-order valence-corrected chi connectivity index (χ2v) is 10.7. The SMILES string of the molecule is CS(=O)(=O)c1ccc(-c2nsc(NC(=O)c3cc(-c4ccc5c(c4)CCCC5)on3)n2)cc1. The summed E-state index contributed by atoms with van der Waals surface area (Å²) in [6.07, 6.45) is 5.72. The molecule has 4 aromatic rings. The third-order valence-electron chi connectivity index (χ3n) is 5.56. The number of amides is 1. The highest BCUT2D eigenvalue weighted by Gasteiger charge is 2.18. The molecule has 0 fully saturated rings. The molecule has 33 heavy (non-hydrogen) atoms. The van der Waals surface area contributed by atoms with Crippen LogP contribution in [0.3, 0.4) is 0 Å². The first kappa shape index (κ1) is 21.5. The van der Waals surface area contributed by atoms with E-state index in [2.05, 4.69) is 32.0 Å². The fourth-order valence-corrected chi connectivity index (χ4v) is 5.02. The predicted octanol–water partition coefficient (Wildman–Crippen LogP) is 4.39. The Kier molecular flexibility index (Phi) is 5.55. The molecular formula is C23H20N4O4S2. The van der Waals surface area contributed by atoms with Crippen molar-refractivity contribution >= 4 is 32.4 Å². The van der Waals surface area contributed by atoms with Crippen molar-refractivity contribution in [2.24, 2.45) is 0 Å². The third-order valence-corrected chi connectivity index (χ3v) is 7.32. The summed E-state index contributed by atoms with van der Waals surface area (Å²) >= 11 is 1.03. The van der Waals surface area contributed by atoms with Gasteiger partial charge in [0.2, 0.25) is 5.13 Å². The van der Waals surface area contributed by atoms with Gasteiger partial charge in [-0.2, -0.15) is 9.36 Å². The van der Waals surface area contributed by atoms with Crippen LogP contribution in [0.4, 0.5) is 5.13 Å². The molecule has 0 bridgehead atoms. The molecule has 1 aliphatic rings. The van der Waals surface area contributed by atoms with Crippen molar-refractivity contribution in [1.82, 2.24) is 14.5 Å². The van der Waals surface area contributed by atoms with Crippen LogP contribution in [-0.4, -0.2) is 35.1 Å². The molecule has 1 aliphatic carbocycles. The van der Waals surface area contributed by atoms with Gasteiger partial charge >= 0.3 is 0 Å². The standard InChI is InChI=1S/C23H20N4O4S2/c1-33(29,30)18-10-8-15(9-11-18)21-24-23(32-27-21)25-22(28)19-13-20(31-26-19)17-7-6-14-4-2-3-5-16(14)12-17/h6-13H,2-5H2,1H3,(H,24,25,27,28). The van der Waals surface area contributed by atoms with Gasteiger partial charge in [0.1, 0.15) is 0 Å². The Morgan fingerprint density at radius 3 is 2.48 bits per heavy atom. The summed E-state index contributed by atoms with van der Waals surface area (Å²) in [7, 11) is -3.28. The van der Waals surface area contributed by atoms with Gasteiger partial charge < -0.3 is 4.52 Å². The van der Waals surface area contributed by atoms with E-state index in [1.807, 2.05) is 6.07 Å². The Labute approximate surface area is 194 Å². The number of aryl methyl sites for hydroxylation is 2. The van der Waals surface area contributed by atoms with Gasteiger partial charge in [-0.15, -0.1) is 0 Å². The highest BCUT2D eigenvalue weighted by Crippen LogP contribution is 2.28. The Balaban J connectivity index is 1.29. The number of benzene rings is 2. The first-order chi connectivity index (χ1) is 15.9. The quantitative estimate of drug-likeness (QED) is 0.450. The normalized spacial score (nSPS) is 13.5. The summed E-state index contributed by atoms with van der Waals surface area (Å²) in [6.45, 7) is 0. The van der Waals surface area contributed by atoms with Gasteiger partial charge in [0.25, 0.3) is 5.91 Å². The first-order valence-electron chi connectivity index (χ1n) is 10.4. The summed E-state index contributed by atoms with van der Waals surface area (Å²) in [5.74, 6) is 0.487. The van der Waals surface area contributed by atoms with E-state index >= 15 is 0 Å². The fraction of sp³-hybridized carbons (Fsp3) is 0.217. The molecule has 5 rings (SSSR count). The minimum Gasteiger partial charge on any atom is -0.355 e. The Bertz CT molecular complexity index is 1440. The van der Waals surface area contributed by atoms with E-state index in [4.69, 9.17) is 4.52 Å². The highest BCUT2D eigenvalue weighted by atomic mass is 32.2. The number of anilines is 1. The van der Waals surface area contributed by atoms with Crippen LogP contribution in [0.15, 0.2) is 57.9 Å². The molecule has 1 N–H and O–H groups in total. The summed E-state index contributed by atoms with van der Waals surface area (Å²) in [5.41, 5.74) is 4.40. The summed E-state index contributed by atoms with van der Waals surface area (Å²) in [5, 5.41) is 6.90. The van der Waals surface area contributed by atoms with Gasteiger partial charge in [0.15, 0.2) is 27.1 Å². The zero-order valence-corrected chi connectivity index (χ0v) is 19.4. The minimum absolute atomic E-state index is 0.150. The summed E-state index contributed by atoms with van der Waals surface area (Å²) in [6, 6.07) is 14.1. The van der Waals surface area contributed by atoms with Crippen molar-refractivity contribution in [3.63, 3.8) is 0 Å². The number of fused-ring (bicyclic) bond motifs is 1. The zero-order chi connectivity index (χ0) is 23.0. The average molecular weight is 481 g/mol. The number of carbonyl (C=O) groups is 1. The van der Waals surface area contributed by atoms with Crippen LogP contribution in [0.2, 0.25) is 0 Å². The van der Waals surface area contributed by atoms with Gasteiger partial charge in [-0.05, 0) is 67.1 Å². The van der Waals surface area contributed by atoms with Crippen LogP contribution in [0.1, 0.15) is 34.5 Å². The van der Waals surface area contributed by atoms with Crippen molar-refractivity contribution < 1.29 is 17.7 Å². The molecule has 8 nitrogen and oxygen atoms in total. The fourth-order valence-electron chi connectivity index (χ4n) is 3.81. The topological polar surface area (TPSA) is 115 Å². The first-order valence-corrected chi connectivity index (χ1v) is 13.1. The smallest absolute Gasteiger partial charge is 0.279 e. The predicted molar refractivity (Wildman–Crippen MR) is 125 cm³/mol. The van der Waals surface area contributed by atoms with Gasteiger partial charge in [-0.1, -0.05) is 17.3 Å². The lowest BCUT2D eigenvalue weighted by molar-refractivity contribution is 0.101. The molecule has 0 atom stereocenters. The molecule has 0 unspecified atom stereocenters. The third kappa shape index (κ3) is 4.57. The van der Waals surface area contributed by atoms with Crippen LogP contribution >= 0.6 is 11.5 Å². The second-order valence-electron chi connectivity index (χ2n) is 7.94. The maximum Gasteiger partial charge on any atom is 0.279 e. The summed E-state index contributed by atoms with van der Waals surface area (Å²) < 4.78 is 32.9. The van der Waals surface area contributed by atoms with Gasteiger partial charge in [0, 0.05) is 35.0 Å². The molecule has 1 amide bonds. The molecule has 2 heterocycles. The molecule has 10 heteroatoms. The molecule has 0 saturated heterocycles. The average Bonchev–Trinajstić information content (AvgIpc) is 3.48. The van der Waals surface area contributed by atoms with Crippen LogP contribution in [0.5, 0.6) is 0 Å². The van der Waals surface area contributed by atoms with Crippen molar-refractivity contribution in [3.05, 3.63) is 65.4 Å². The van der Waals surface area contributed by atoms with Crippen LogP contribution in [0.25, 0.3) is 22.7 Å². The maximum absolute atomic E-state index is 12.6. The molecule has 0 radical (unpaired) electrons. The lowest BCUT2D eigenvalue weighted by atomic mass is 9.90. The molecule has 0 aliphatic heterocycles. The van der Waals surface area contributed by atoms with Crippen LogP contribution in [0, 0.1) is 0 Å². The van der Waals surface area contributed by atoms with E-state index in [-0.39, 0.29) is 10.6 Å². The van der Waals surface area contributed by atoms with Gasteiger partial charge in [0.05, 0.1) is 4.90 Å². The number of rotatable bonds is 5. The minimum atomic E-state index is -3.28. The molecule has 0 spiro atoms. The number of hydrogen-bond acceptors (Lipinski definition) is 8. The Morgan fingerprint density at radius 1 is 1.00 bits per heavy atom. The van der Waals surface area contributed by atoms with Crippen molar-refractivity contribution in [2.75, 3.05) is 11.6 Å².